The Morgan fingerprint density at radius 2 is 2.23 bits per heavy atom. The summed E-state index contributed by atoms with van der Waals surface area (Å²) < 4.78 is 25.7. The average Bonchev–Trinajstić information content (AvgIpc) is 2.74. The van der Waals surface area contributed by atoms with Gasteiger partial charge in [0.05, 0.1) is 18.2 Å². The van der Waals surface area contributed by atoms with Gasteiger partial charge in [-0.15, -0.1) is 0 Å². The summed E-state index contributed by atoms with van der Waals surface area (Å²) in [6, 6.07) is 1.30. The second kappa shape index (κ2) is 5.43. The average molecular weight is 309 g/mol. The predicted octanol–water partition coefficient (Wildman–Crippen LogP) is 1.89. The largest absolute Gasteiger partial charge is 0.490 e. The third-order valence-electron chi connectivity index (χ3n) is 4.02. The first-order chi connectivity index (χ1) is 10.4. The van der Waals surface area contributed by atoms with E-state index in [0.29, 0.717) is 17.7 Å². The quantitative estimate of drug-likeness (QED) is 0.906. The highest BCUT2D eigenvalue weighted by molar-refractivity contribution is 6.00. The molecule has 1 saturated heterocycles. The fraction of sp³-hybridized carbons (Fsp3) is 0.562. The Hall–Kier alpha value is -1.82. The van der Waals surface area contributed by atoms with E-state index in [9.17, 15) is 14.3 Å². The molecule has 0 saturated carbocycles. The first kappa shape index (κ1) is 15.1. The van der Waals surface area contributed by atoms with Gasteiger partial charge in [0.15, 0.2) is 11.6 Å². The van der Waals surface area contributed by atoms with Gasteiger partial charge in [-0.2, -0.15) is 0 Å². The Morgan fingerprint density at radius 3 is 2.91 bits per heavy atom. The van der Waals surface area contributed by atoms with E-state index in [4.69, 9.17) is 9.47 Å². The number of carbonyl (C=O) groups is 1. The zero-order valence-electron chi connectivity index (χ0n) is 12.9. The van der Waals surface area contributed by atoms with Crippen molar-refractivity contribution >= 4 is 5.91 Å². The lowest BCUT2D eigenvalue weighted by molar-refractivity contribution is 0.0705. The molecule has 0 unspecified atom stereocenters. The maximum absolute atomic E-state index is 14.4. The number of rotatable bonds is 2. The van der Waals surface area contributed by atoms with E-state index in [2.05, 4.69) is 0 Å². The normalized spacial score (nSPS) is 23.9. The number of hydrogen-bond donors (Lipinski definition) is 1. The Balaban J connectivity index is 2.11. The van der Waals surface area contributed by atoms with Crippen LogP contribution in [-0.4, -0.2) is 47.3 Å². The summed E-state index contributed by atoms with van der Waals surface area (Å²) in [5, 5.41) is 9.78. The van der Waals surface area contributed by atoms with Crippen molar-refractivity contribution in [3.8, 4) is 11.5 Å². The number of nitrogens with zero attached hydrogens (tertiary/aromatic N) is 1. The SMILES string of the molecule is Cc1cc(OC(C)C)c2c(c1F)OC[C@H]1C[C@H](O)CN1C2=O. The van der Waals surface area contributed by atoms with Crippen LogP contribution in [0.25, 0.3) is 0 Å². The van der Waals surface area contributed by atoms with Gasteiger partial charge in [0.1, 0.15) is 17.9 Å². The van der Waals surface area contributed by atoms with Crippen molar-refractivity contribution in [1.29, 1.82) is 0 Å². The van der Waals surface area contributed by atoms with Gasteiger partial charge >= 0.3 is 0 Å². The third kappa shape index (κ3) is 2.41. The second-order valence-electron chi connectivity index (χ2n) is 6.19. The molecular formula is C16H20FNO4. The smallest absolute Gasteiger partial charge is 0.261 e. The van der Waals surface area contributed by atoms with E-state index in [0.717, 1.165) is 0 Å². The lowest BCUT2D eigenvalue weighted by atomic mass is 10.1. The Labute approximate surface area is 128 Å². The number of halogens is 1. The van der Waals surface area contributed by atoms with Gasteiger partial charge in [-0.25, -0.2) is 4.39 Å². The van der Waals surface area contributed by atoms with Crippen LogP contribution in [0, 0.1) is 12.7 Å². The highest BCUT2D eigenvalue weighted by Gasteiger charge is 2.41. The van der Waals surface area contributed by atoms with Crippen LogP contribution in [-0.2, 0) is 0 Å². The topological polar surface area (TPSA) is 59.0 Å². The second-order valence-corrected chi connectivity index (χ2v) is 6.19. The first-order valence-corrected chi connectivity index (χ1v) is 7.50. The van der Waals surface area contributed by atoms with Gasteiger partial charge in [0, 0.05) is 6.54 Å². The molecule has 0 aliphatic carbocycles. The Bertz CT molecular complexity index is 617. The van der Waals surface area contributed by atoms with E-state index in [1.807, 2.05) is 13.8 Å². The summed E-state index contributed by atoms with van der Waals surface area (Å²) in [5.74, 6) is -0.578. The van der Waals surface area contributed by atoms with Gasteiger partial charge in [-0.1, -0.05) is 0 Å². The molecule has 1 N–H and O–H groups in total. The van der Waals surface area contributed by atoms with Crippen LogP contribution in [0.4, 0.5) is 4.39 Å². The van der Waals surface area contributed by atoms with Crippen molar-refractivity contribution in [1.82, 2.24) is 4.90 Å². The number of amides is 1. The van der Waals surface area contributed by atoms with Crippen LogP contribution in [0.2, 0.25) is 0 Å². The zero-order chi connectivity index (χ0) is 16.0. The maximum atomic E-state index is 14.4. The van der Waals surface area contributed by atoms with E-state index in [1.165, 1.54) is 6.07 Å². The third-order valence-corrected chi connectivity index (χ3v) is 4.02. The minimum Gasteiger partial charge on any atom is -0.490 e. The van der Waals surface area contributed by atoms with Crippen LogP contribution in [0.15, 0.2) is 6.07 Å². The molecule has 6 heteroatoms. The van der Waals surface area contributed by atoms with Crippen LogP contribution < -0.4 is 9.47 Å². The number of carbonyl (C=O) groups excluding carboxylic acids is 1. The number of hydrogen-bond acceptors (Lipinski definition) is 4. The van der Waals surface area contributed by atoms with Gasteiger partial charge in [0.25, 0.3) is 5.91 Å². The molecule has 5 nitrogen and oxygen atoms in total. The molecule has 22 heavy (non-hydrogen) atoms. The molecule has 1 aromatic carbocycles. The van der Waals surface area contributed by atoms with Crippen LogP contribution in [0.3, 0.4) is 0 Å². The molecule has 3 rings (SSSR count). The number of benzene rings is 1. The van der Waals surface area contributed by atoms with Gasteiger partial charge in [-0.05, 0) is 38.8 Å². The summed E-state index contributed by atoms with van der Waals surface area (Å²) in [5.41, 5.74) is 0.498. The van der Waals surface area contributed by atoms with Crippen LogP contribution >= 0.6 is 0 Å². The summed E-state index contributed by atoms with van der Waals surface area (Å²) >= 11 is 0. The van der Waals surface area contributed by atoms with Crippen molar-refractivity contribution in [2.45, 2.75) is 45.4 Å². The molecule has 1 aromatic rings. The standard InChI is InChI=1S/C16H20FNO4/c1-8(2)22-12-4-9(3)14(17)15-13(12)16(20)18-6-11(19)5-10(18)7-21-15/h4,8,10-11,19H,5-7H2,1-3H3/t10-,11+/m1/s1. The molecule has 2 aliphatic heterocycles. The van der Waals surface area contributed by atoms with Crippen molar-refractivity contribution < 1.29 is 23.8 Å². The molecule has 0 aromatic heterocycles. The summed E-state index contributed by atoms with van der Waals surface area (Å²) in [7, 11) is 0. The van der Waals surface area contributed by atoms with Crippen molar-refractivity contribution in [2.75, 3.05) is 13.2 Å². The molecule has 0 radical (unpaired) electrons. The van der Waals surface area contributed by atoms with Crippen LogP contribution in [0.5, 0.6) is 11.5 Å². The first-order valence-electron chi connectivity index (χ1n) is 7.50. The molecule has 1 fully saturated rings. The van der Waals surface area contributed by atoms with E-state index in [1.54, 1.807) is 11.8 Å². The molecule has 0 bridgehead atoms. The Morgan fingerprint density at radius 1 is 1.50 bits per heavy atom. The minimum atomic E-state index is -0.566. The highest BCUT2D eigenvalue weighted by atomic mass is 19.1. The molecule has 0 spiro atoms. The van der Waals surface area contributed by atoms with Crippen molar-refractivity contribution in [3.63, 3.8) is 0 Å². The number of aryl methyl sites for hydroxylation is 1. The molecule has 2 aliphatic rings. The minimum absolute atomic E-state index is 0.0375. The summed E-state index contributed by atoms with van der Waals surface area (Å²) in [6.07, 6.45) is -0.269. The maximum Gasteiger partial charge on any atom is 0.261 e. The summed E-state index contributed by atoms with van der Waals surface area (Å²) in [6.45, 7) is 5.72. The fourth-order valence-electron chi connectivity index (χ4n) is 3.04. The van der Waals surface area contributed by atoms with Crippen molar-refractivity contribution in [2.24, 2.45) is 0 Å². The molecule has 2 atom stereocenters. The molecular weight excluding hydrogens is 289 g/mol. The Kier molecular flexibility index (Phi) is 3.72. The van der Waals surface area contributed by atoms with Gasteiger partial charge in [-0.3, -0.25) is 4.79 Å². The number of aliphatic hydroxyl groups excluding tert-OH is 1. The van der Waals surface area contributed by atoms with Gasteiger partial charge in [0.2, 0.25) is 0 Å². The number of aliphatic hydroxyl groups is 1. The molecule has 1 amide bonds. The van der Waals surface area contributed by atoms with E-state index >= 15 is 0 Å². The number of ether oxygens (including phenoxy) is 2. The van der Waals surface area contributed by atoms with Gasteiger partial charge < -0.3 is 19.5 Å². The molecule has 120 valence electrons. The zero-order valence-corrected chi connectivity index (χ0v) is 12.9. The predicted molar refractivity (Wildman–Crippen MR) is 77.8 cm³/mol. The van der Waals surface area contributed by atoms with Crippen LogP contribution in [0.1, 0.15) is 36.2 Å². The fourth-order valence-corrected chi connectivity index (χ4v) is 3.04. The van der Waals surface area contributed by atoms with Crippen molar-refractivity contribution in [3.05, 3.63) is 23.0 Å². The molecule has 2 heterocycles. The van der Waals surface area contributed by atoms with E-state index in [-0.39, 0.29) is 42.5 Å². The lowest BCUT2D eigenvalue weighted by Gasteiger charge is -2.21. The number of fused-ring (bicyclic) bond motifs is 2. The van der Waals surface area contributed by atoms with E-state index < -0.39 is 11.9 Å². The highest BCUT2D eigenvalue weighted by Crippen LogP contribution is 2.39. The lowest BCUT2D eigenvalue weighted by Crippen LogP contribution is -2.37. The summed E-state index contributed by atoms with van der Waals surface area (Å²) in [4.78, 5) is 14.4. The monoisotopic (exact) mass is 309 g/mol.